The molecule has 1 aliphatic carbocycles. The molecule has 0 radical (unpaired) electrons. The molecule has 7 nitrogen and oxygen atoms in total. The molecule has 0 saturated heterocycles. The van der Waals surface area contributed by atoms with Gasteiger partial charge in [0.2, 0.25) is 11.8 Å². The molecular formula is C32H37Cl2N3O4S. The van der Waals surface area contributed by atoms with Gasteiger partial charge < -0.3 is 10.2 Å². The highest BCUT2D eigenvalue weighted by Gasteiger charge is 2.33. The molecule has 0 aromatic heterocycles. The molecule has 0 bridgehead atoms. The van der Waals surface area contributed by atoms with Crippen LogP contribution in [0.4, 0.5) is 5.69 Å². The van der Waals surface area contributed by atoms with E-state index in [1.165, 1.54) is 17.0 Å². The van der Waals surface area contributed by atoms with E-state index >= 15 is 0 Å². The lowest BCUT2D eigenvalue weighted by atomic mass is 9.95. The lowest BCUT2D eigenvalue weighted by Crippen LogP contribution is -2.53. The first-order chi connectivity index (χ1) is 20.0. The van der Waals surface area contributed by atoms with Crippen LogP contribution in [0.5, 0.6) is 0 Å². The number of halogens is 2. The second-order valence-corrected chi connectivity index (χ2v) is 13.6. The summed E-state index contributed by atoms with van der Waals surface area (Å²) in [5.41, 5.74) is 2.70. The second kappa shape index (κ2) is 13.9. The molecule has 42 heavy (non-hydrogen) atoms. The van der Waals surface area contributed by atoms with E-state index in [0.717, 1.165) is 47.5 Å². The van der Waals surface area contributed by atoms with Crippen LogP contribution in [-0.4, -0.2) is 43.8 Å². The molecule has 3 aromatic rings. The van der Waals surface area contributed by atoms with E-state index in [9.17, 15) is 18.0 Å². The largest absolute Gasteiger partial charge is 0.352 e. The maximum atomic E-state index is 14.1. The molecule has 4 rings (SSSR count). The number of aryl methyl sites for hydroxylation is 2. The SMILES string of the molecule is Cc1ccc(S(=O)(=O)N(CC(=O)N(Cc2ccc(Cl)cc2Cl)[C@@H](C)C(=O)NC2CCCCC2)c2cccc(C)c2)cc1. The molecule has 1 fully saturated rings. The number of hydrogen-bond acceptors (Lipinski definition) is 4. The monoisotopic (exact) mass is 629 g/mol. The van der Waals surface area contributed by atoms with Crippen LogP contribution in [0.3, 0.4) is 0 Å². The molecule has 224 valence electrons. The summed E-state index contributed by atoms with van der Waals surface area (Å²) in [5.74, 6) is -0.826. The number of nitrogens with one attached hydrogen (secondary N) is 1. The van der Waals surface area contributed by atoms with Gasteiger partial charge in [-0.2, -0.15) is 0 Å². The minimum atomic E-state index is -4.13. The lowest BCUT2D eigenvalue weighted by molar-refractivity contribution is -0.139. The molecule has 1 N–H and O–H groups in total. The van der Waals surface area contributed by atoms with E-state index in [1.807, 2.05) is 19.9 Å². The van der Waals surface area contributed by atoms with E-state index < -0.39 is 28.5 Å². The van der Waals surface area contributed by atoms with E-state index in [2.05, 4.69) is 5.32 Å². The Morgan fingerprint density at radius 3 is 2.26 bits per heavy atom. The van der Waals surface area contributed by atoms with Crippen molar-refractivity contribution in [3.63, 3.8) is 0 Å². The van der Waals surface area contributed by atoms with Gasteiger partial charge in [-0.3, -0.25) is 13.9 Å². The number of benzene rings is 3. The Morgan fingerprint density at radius 1 is 0.929 bits per heavy atom. The van der Waals surface area contributed by atoms with Crippen LogP contribution in [0, 0.1) is 13.8 Å². The fourth-order valence-electron chi connectivity index (χ4n) is 5.13. The Kier molecular flexibility index (Phi) is 10.6. The van der Waals surface area contributed by atoms with Crippen LogP contribution < -0.4 is 9.62 Å². The van der Waals surface area contributed by atoms with Gasteiger partial charge in [0.05, 0.1) is 10.6 Å². The molecule has 0 spiro atoms. The van der Waals surface area contributed by atoms with Crippen LogP contribution in [0.1, 0.15) is 55.7 Å². The van der Waals surface area contributed by atoms with Crippen LogP contribution >= 0.6 is 23.2 Å². The van der Waals surface area contributed by atoms with Crippen molar-refractivity contribution in [1.82, 2.24) is 10.2 Å². The Labute approximate surface area is 258 Å². The first kappa shape index (κ1) is 31.9. The summed E-state index contributed by atoms with van der Waals surface area (Å²) in [4.78, 5) is 29.0. The van der Waals surface area contributed by atoms with Crippen molar-refractivity contribution in [2.45, 2.75) is 76.4 Å². The molecular weight excluding hydrogens is 593 g/mol. The standard InChI is InChI=1S/C32H37Cl2N3O4S/c1-22-12-16-29(17-13-22)42(40,41)37(28-11-7-8-23(2)18-28)21-31(38)36(20-25-14-15-26(33)19-30(25)34)24(3)32(39)35-27-9-5-4-6-10-27/h7-8,11-19,24,27H,4-6,9-10,20-21H2,1-3H3,(H,35,39)/t24-/m0/s1. The number of carbonyl (C=O) groups excluding carboxylic acids is 2. The Hall–Kier alpha value is -3.07. The summed E-state index contributed by atoms with van der Waals surface area (Å²) in [7, 11) is -4.13. The Balaban J connectivity index is 1.69. The van der Waals surface area contributed by atoms with Crippen molar-refractivity contribution in [2.24, 2.45) is 0 Å². The molecule has 1 aliphatic rings. The summed E-state index contributed by atoms with van der Waals surface area (Å²) < 4.78 is 29.0. The van der Waals surface area contributed by atoms with Gasteiger partial charge in [-0.1, -0.05) is 78.4 Å². The number of rotatable bonds is 10. The number of nitrogens with zero attached hydrogens (tertiary/aromatic N) is 2. The molecule has 0 heterocycles. The molecule has 1 saturated carbocycles. The third-order valence-corrected chi connectivity index (χ3v) is 10.0. The molecule has 0 unspecified atom stereocenters. The van der Waals surface area contributed by atoms with Gasteiger partial charge in [-0.15, -0.1) is 0 Å². The van der Waals surface area contributed by atoms with Gasteiger partial charge in [-0.25, -0.2) is 8.42 Å². The number of sulfonamides is 1. The highest BCUT2D eigenvalue weighted by atomic mass is 35.5. The highest BCUT2D eigenvalue weighted by molar-refractivity contribution is 7.92. The lowest BCUT2D eigenvalue weighted by Gasteiger charge is -2.33. The smallest absolute Gasteiger partial charge is 0.264 e. The highest BCUT2D eigenvalue weighted by Crippen LogP contribution is 2.27. The van der Waals surface area contributed by atoms with Gasteiger partial charge in [0.1, 0.15) is 12.6 Å². The van der Waals surface area contributed by atoms with Gasteiger partial charge in [0, 0.05) is 22.6 Å². The van der Waals surface area contributed by atoms with E-state index in [1.54, 1.807) is 55.5 Å². The predicted molar refractivity (Wildman–Crippen MR) is 168 cm³/mol. The first-order valence-electron chi connectivity index (χ1n) is 14.2. The topological polar surface area (TPSA) is 86.8 Å². The maximum Gasteiger partial charge on any atom is 0.264 e. The molecule has 2 amide bonds. The van der Waals surface area contributed by atoms with Crippen LogP contribution in [0.25, 0.3) is 0 Å². The van der Waals surface area contributed by atoms with Crippen LogP contribution in [0.15, 0.2) is 71.6 Å². The third kappa shape index (κ3) is 7.85. The quantitative estimate of drug-likeness (QED) is 0.271. The number of hydrogen-bond donors (Lipinski definition) is 1. The molecule has 3 aromatic carbocycles. The number of amides is 2. The second-order valence-electron chi connectivity index (χ2n) is 10.9. The van der Waals surface area contributed by atoms with Crippen LogP contribution in [-0.2, 0) is 26.2 Å². The predicted octanol–water partition coefficient (Wildman–Crippen LogP) is 6.67. The Morgan fingerprint density at radius 2 is 1.62 bits per heavy atom. The van der Waals surface area contributed by atoms with E-state index in [0.29, 0.717) is 21.3 Å². The Bertz CT molecular complexity index is 1520. The van der Waals surface area contributed by atoms with Gasteiger partial charge >= 0.3 is 0 Å². The van der Waals surface area contributed by atoms with Crippen molar-refractivity contribution in [3.8, 4) is 0 Å². The first-order valence-corrected chi connectivity index (χ1v) is 16.3. The minimum Gasteiger partial charge on any atom is -0.352 e. The molecule has 0 aliphatic heterocycles. The van der Waals surface area contributed by atoms with Crippen molar-refractivity contribution in [3.05, 3.63) is 93.5 Å². The molecule has 1 atom stereocenters. The summed E-state index contributed by atoms with van der Waals surface area (Å²) in [6.07, 6.45) is 5.03. The van der Waals surface area contributed by atoms with Gasteiger partial charge in [-0.05, 0) is 81.1 Å². The van der Waals surface area contributed by atoms with Crippen molar-refractivity contribution < 1.29 is 18.0 Å². The summed E-state index contributed by atoms with van der Waals surface area (Å²) in [6.45, 7) is 4.88. The summed E-state index contributed by atoms with van der Waals surface area (Å²) in [6, 6.07) is 17.6. The fourth-order valence-corrected chi connectivity index (χ4v) is 7.01. The van der Waals surface area contributed by atoms with Crippen molar-refractivity contribution >= 4 is 50.7 Å². The summed E-state index contributed by atoms with van der Waals surface area (Å²) in [5, 5.41) is 3.89. The average Bonchev–Trinajstić information content (AvgIpc) is 2.95. The molecule has 10 heteroatoms. The third-order valence-electron chi connectivity index (χ3n) is 7.65. The van der Waals surface area contributed by atoms with Crippen molar-refractivity contribution in [2.75, 3.05) is 10.8 Å². The number of carbonyl (C=O) groups is 2. The minimum absolute atomic E-state index is 0.000323. The zero-order valence-electron chi connectivity index (χ0n) is 24.1. The van der Waals surface area contributed by atoms with Gasteiger partial charge in [0.15, 0.2) is 0 Å². The maximum absolute atomic E-state index is 14.1. The number of anilines is 1. The summed E-state index contributed by atoms with van der Waals surface area (Å²) >= 11 is 12.6. The van der Waals surface area contributed by atoms with Crippen LogP contribution in [0.2, 0.25) is 10.0 Å². The van der Waals surface area contributed by atoms with E-state index in [-0.39, 0.29) is 23.4 Å². The zero-order valence-corrected chi connectivity index (χ0v) is 26.5. The normalized spacial score (nSPS) is 14.7. The fraction of sp³-hybridized carbons (Fsp3) is 0.375. The van der Waals surface area contributed by atoms with E-state index in [4.69, 9.17) is 23.2 Å². The average molecular weight is 631 g/mol. The zero-order chi connectivity index (χ0) is 30.4. The van der Waals surface area contributed by atoms with Gasteiger partial charge in [0.25, 0.3) is 10.0 Å². The van der Waals surface area contributed by atoms with Crippen molar-refractivity contribution in [1.29, 1.82) is 0 Å².